The summed E-state index contributed by atoms with van der Waals surface area (Å²) < 4.78 is 3.51. The molecule has 0 radical (unpaired) electrons. The van der Waals surface area contributed by atoms with E-state index in [1.54, 1.807) is 6.20 Å². The molecule has 0 N–H and O–H groups in total. The monoisotopic (exact) mass is 268 g/mol. The smallest absolute Gasteiger partial charge is 0.0620 e. The summed E-state index contributed by atoms with van der Waals surface area (Å²) in [6.45, 7) is 4.33. The van der Waals surface area contributed by atoms with Crippen LogP contribution in [0.2, 0.25) is 0 Å². The number of rotatable bonds is 1. The number of benzene rings is 2. The maximum Gasteiger partial charge on any atom is 0.0620 e. The van der Waals surface area contributed by atoms with Gasteiger partial charge in [0, 0.05) is 5.38 Å². The molecule has 96 valence electrons. The maximum absolute atomic E-state index is 3.51. The number of aromatic nitrogens is 2. The standard InChI is InChI=1S/C14H14.C2H2N2S/c1-11-7-6-10-14(12(11)2)13-8-4-3-5-9-13;1-2-5-4-3-1/h3-10H,1-2H3;1-2H. The second-order valence-electron chi connectivity index (χ2n) is 4.20. The minimum Gasteiger partial charge on any atom is -0.147 e. The predicted octanol–water partition coefficient (Wildman–Crippen LogP) is 4.51. The summed E-state index contributed by atoms with van der Waals surface area (Å²) in [5.41, 5.74) is 5.37. The Morgan fingerprint density at radius 2 is 1.68 bits per heavy atom. The van der Waals surface area contributed by atoms with Crippen LogP contribution < -0.4 is 0 Å². The zero-order valence-electron chi connectivity index (χ0n) is 11.1. The Bertz CT molecular complexity index is 587. The highest BCUT2D eigenvalue weighted by Gasteiger charge is 2.01. The number of nitrogens with zero attached hydrogens (tertiary/aromatic N) is 2. The van der Waals surface area contributed by atoms with Gasteiger partial charge in [-0.2, -0.15) is 0 Å². The van der Waals surface area contributed by atoms with Crippen molar-refractivity contribution >= 4 is 11.5 Å². The van der Waals surface area contributed by atoms with Crippen LogP contribution in [0.25, 0.3) is 11.1 Å². The lowest BCUT2D eigenvalue weighted by Gasteiger charge is -2.07. The zero-order chi connectivity index (χ0) is 13.5. The van der Waals surface area contributed by atoms with Crippen LogP contribution in [0.1, 0.15) is 11.1 Å². The fourth-order valence-corrected chi connectivity index (χ4v) is 2.09. The zero-order valence-corrected chi connectivity index (χ0v) is 11.9. The van der Waals surface area contributed by atoms with Gasteiger partial charge in [0.1, 0.15) is 0 Å². The maximum atomic E-state index is 3.51. The van der Waals surface area contributed by atoms with Crippen LogP contribution in [0.15, 0.2) is 60.1 Å². The Morgan fingerprint density at radius 1 is 0.895 bits per heavy atom. The Labute approximate surface area is 117 Å². The van der Waals surface area contributed by atoms with E-state index in [-0.39, 0.29) is 0 Å². The first-order chi connectivity index (χ1) is 9.29. The average Bonchev–Trinajstić information content (AvgIpc) is 3.02. The van der Waals surface area contributed by atoms with Crippen molar-refractivity contribution in [1.82, 2.24) is 9.59 Å². The SMILES string of the molecule is Cc1cccc(-c2ccccc2)c1C.c1csnn1. The van der Waals surface area contributed by atoms with Crippen molar-refractivity contribution in [2.75, 3.05) is 0 Å². The molecule has 3 rings (SSSR count). The van der Waals surface area contributed by atoms with Crippen LogP contribution in [-0.4, -0.2) is 9.59 Å². The van der Waals surface area contributed by atoms with E-state index < -0.39 is 0 Å². The van der Waals surface area contributed by atoms with Gasteiger partial charge in [-0.15, -0.1) is 5.10 Å². The molecule has 1 aromatic heterocycles. The van der Waals surface area contributed by atoms with Crippen LogP contribution in [0.4, 0.5) is 0 Å². The summed E-state index contributed by atoms with van der Waals surface area (Å²) in [6, 6.07) is 17.0. The molecule has 0 atom stereocenters. The Hall–Kier alpha value is -2.00. The normalized spacial score (nSPS) is 9.58. The van der Waals surface area contributed by atoms with Gasteiger partial charge >= 0.3 is 0 Å². The fraction of sp³-hybridized carbons (Fsp3) is 0.125. The third-order valence-corrected chi connectivity index (χ3v) is 3.40. The van der Waals surface area contributed by atoms with Crippen molar-refractivity contribution in [3.8, 4) is 11.1 Å². The largest absolute Gasteiger partial charge is 0.147 e. The van der Waals surface area contributed by atoms with Gasteiger partial charge in [-0.25, -0.2) is 0 Å². The second kappa shape index (κ2) is 6.81. The van der Waals surface area contributed by atoms with Gasteiger partial charge < -0.3 is 0 Å². The van der Waals surface area contributed by atoms with E-state index in [0.717, 1.165) is 0 Å². The van der Waals surface area contributed by atoms with Gasteiger partial charge in [0.25, 0.3) is 0 Å². The predicted molar refractivity (Wildman–Crippen MR) is 81.3 cm³/mol. The molecule has 0 aliphatic heterocycles. The molecule has 3 aromatic rings. The molecule has 2 nitrogen and oxygen atoms in total. The Balaban J connectivity index is 0.000000224. The summed E-state index contributed by atoms with van der Waals surface area (Å²) in [5.74, 6) is 0. The topological polar surface area (TPSA) is 25.8 Å². The van der Waals surface area contributed by atoms with Crippen LogP contribution in [0.5, 0.6) is 0 Å². The van der Waals surface area contributed by atoms with Crippen molar-refractivity contribution in [1.29, 1.82) is 0 Å². The first-order valence-electron chi connectivity index (χ1n) is 6.11. The molecule has 1 heterocycles. The molecule has 0 saturated carbocycles. The molecule has 19 heavy (non-hydrogen) atoms. The average molecular weight is 268 g/mol. The lowest BCUT2D eigenvalue weighted by molar-refractivity contribution is 1.16. The van der Waals surface area contributed by atoms with Gasteiger partial charge in [-0.3, -0.25) is 0 Å². The molecule has 0 bridgehead atoms. The van der Waals surface area contributed by atoms with Crippen LogP contribution in [0.3, 0.4) is 0 Å². The van der Waals surface area contributed by atoms with Crippen molar-refractivity contribution in [3.63, 3.8) is 0 Å². The molecule has 0 unspecified atom stereocenters. The Kier molecular flexibility index (Phi) is 4.81. The minimum absolute atomic E-state index is 1.30. The Morgan fingerprint density at radius 3 is 2.26 bits per heavy atom. The van der Waals surface area contributed by atoms with E-state index >= 15 is 0 Å². The third kappa shape index (κ3) is 3.73. The first kappa shape index (κ1) is 13.4. The molecular weight excluding hydrogens is 252 g/mol. The van der Waals surface area contributed by atoms with E-state index in [9.17, 15) is 0 Å². The lowest BCUT2D eigenvalue weighted by atomic mass is 9.97. The van der Waals surface area contributed by atoms with E-state index in [1.807, 2.05) is 5.38 Å². The summed E-state index contributed by atoms with van der Waals surface area (Å²) in [4.78, 5) is 0. The number of aryl methyl sites for hydroxylation is 1. The van der Waals surface area contributed by atoms with Crippen molar-refractivity contribution in [2.45, 2.75) is 13.8 Å². The van der Waals surface area contributed by atoms with Gasteiger partial charge in [0.2, 0.25) is 0 Å². The summed E-state index contributed by atoms with van der Waals surface area (Å²) >= 11 is 1.35. The minimum atomic E-state index is 1.30. The molecule has 2 aromatic carbocycles. The summed E-state index contributed by atoms with van der Waals surface area (Å²) in [6.07, 6.45) is 1.66. The molecular formula is C16H16N2S. The molecule has 0 aliphatic carbocycles. The van der Waals surface area contributed by atoms with Gasteiger partial charge in [0.05, 0.1) is 6.20 Å². The molecule has 0 fully saturated rings. The van der Waals surface area contributed by atoms with Crippen LogP contribution in [0, 0.1) is 13.8 Å². The highest BCUT2D eigenvalue weighted by molar-refractivity contribution is 7.03. The van der Waals surface area contributed by atoms with Gasteiger partial charge in [-0.1, -0.05) is 53.0 Å². The van der Waals surface area contributed by atoms with Gasteiger partial charge in [0.15, 0.2) is 0 Å². The molecule has 0 amide bonds. The van der Waals surface area contributed by atoms with Crippen LogP contribution in [-0.2, 0) is 0 Å². The van der Waals surface area contributed by atoms with Crippen LogP contribution >= 0.6 is 11.5 Å². The fourth-order valence-electron chi connectivity index (χ4n) is 1.82. The molecule has 0 spiro atoms. The van der Waals surface area contributed by atoms with E-state index in [0.29, 0.717) is 0 Å². The third-order valence-electron chi connectivity index (χ3n) is 2.97. The van der Waals surface area contributed by atoms with Crippen molar-refractivity contribution < 1.29 is 0 Å². The van der Waals surface area contributed by atoms with Crippen molar-refractivity contribution in [2.24, 2.45) is 0 Å². The quantitative estimate of drug-likeness (QED) is 0.649. The summed E-state index contributed by atoms with van der Waals surface area (Å²) in [7, 11) is 0. The van der Waals surface area contributed by atoms with E-state index in [2.05, 4.69) is 72.0 Å². The highest BCUT2D eigenvalue weighted by atomic mass is 32.1. The molecule has 0 saturated heterocycles. The first-order valence-corrected chi connectivity index (χ1v) is 6.95. The van der Waals surface area contributed by atoms with E-state index in [4.69, 9.17) is 0 Å². The van der Waals surface area contributed by atoms with E-state index in [1.165, 1.54) is 33.8 Å². The summed E-state index contributed by atoms with van der Waals surface area (Å²) in [5, 5.41) is 5.31. The number of hydrogen-bond donors (Lipinski definition) is 0. The highest BCUT2D eigenvalue weighted by Crippen LogP contribution is 2.24. The lowest BCUT2D eigenvalue weighted by Crippen LogP contribution is -1.85. The molecule has 0 aliphatic rings. The number of hydrogen-bond acceptors (Lipinski definition) is 3. The van der Waals surface area contributed by atoms with Gasteiger partial charge in [-0.05, 0) is 47.6 Å². The molecule has 3 heteroatoms. The van der Waals surface area contributed by atoms with Crippen molar-refractivity contribution in [3.05, 3.63) is 71.2 Å². The second-order valence-corrected chi connectivity index (χ2v) is 4.85.